The molecule has 0 spiro atoms. The number of aromatic nitrogens is 2. The molecule has 3 rings (SSSR count). The minimum Gasteiger partial charge on any atom is -0.419 e. The molecule has 0 unspecified atom stereocenters. The first kappa shape index (κ1) is 15.7. The zero-order chi connectivity index (χ0) is 16.1. The number of rotatable bonds is 6. The van der Waals surface area contributed by atoms with Crippen LogP contribution in [0.3, 0.4) is 0 Å². The van der Waals surface area contributed by atoms with E-state index in [1.165, 1.54) is 11.1 Å². The Bertz CT molecular complexity index is 768. The van der Waals surface area contributed by atoms with Crippen molar-refractivity contribution in [2.75, 3.05) is 6.54 Å². The van der Waals surface area contributed by atoms with Crippen LogP contribution in [0.4, 0.5) is 0 Å². The van der Waals surface area contributed by atoms with E-state index in [-0.39, 0.29) is 0 Å². The number of aryl methyl sites for hydroxylation is 1. The van der Waals surface area contributed by atoms with Gasteiger partial charge in [-0.25, -0.2) is 0 Å². The molecule has 0 saturated carbocycles. The Labute approximate surface area is 140 Å². The molecule has 23 heavy (non-hydrogen) atoms. The predicted octanol–water partition coefficient (Wildman–Crippen LogP) is 4.03. The van der Waals surface area contributed by atoms with E-state index in [1.54, 1.807) is 0 Å². The van der Waals surface area contributed by atoms with E-state index >= 15 is 0 Å². The van der Waals surface area contributed by atoms with Gasteiger partial charge in [0.15, 0.2) is 0 Å². The van der Waals surface area contributed by atoms with Crippen LogP contribution in [-0.4, -0.2) is 16.7 Å². The van der Waals surface area contributed by atoms with Crippen molar-refractivity contribution in [3.8, 4) is 11.5 Å². The molecular formula is C18H18ClN3O. The standard InChI is InChI=1S/C18H18ClN3O/c1-13-3-2-4-15(11-13)18-22-21-17(23-18)12-20-10-9-14-5-7-16(19)8-6-14/h2-8,11,20H,9-10,12H2,1H3. The van der Waals surface area contributed by atoms with Gasteiger partial charge in [-0.1, -0.05) is 41.4 Å². The molecule has 4 nitrogen and oxygen atoms in total. The summed E-state index contributed by atoms with van der Waals surface area (Å²) in [7, 11) is 0. The topological polar surface area (TPSA) is 51.0 Å². The first-order chi connectivity index (χ1) is 11.2. The average Bonchev–Trinajstić information content (AvgIpc) is 3.02. The van der Waals surface area contributed by atoms with Crippen LogP contribution in [-0.2, 0) is 13.0 Å². The van der Waals surface area contributed by atoms with Crippen LogP contribution in [0.5, 0.6) is 0 Å². The molecule has 0 aliphatic heterocycles. The summed E-state index contributed by atoms with van der Waals surface area (Å²) in [5, 5.41) is 12.3. The minimum absolute atomic E-state index is 0.559. The second kappa shape index (κ2) is 7.40. The molecule has 0 atom stereocenters. The van der Waals surface area contributed by atoms with Crippen molar-refractivity contribution < 1.29 is 4.42 Å². The summed E-state index contributed by atoms with van der Waals surface area (Å²) >= 11 is 5.87. The van der Waals surface area contributed by atoms with Crippen molar-refractivity contribution >= 4 is 11.6 Å². The van der Waals surface area contributed by atoms with Gasteiger partial charge in [-0.15, -0.1) is 10.2 Å². The van der Waals surface area contributed by atoms with Crippen molar-refractivity contribution in [2.24, 2.45) is 0 Å². The fourth-order valence-electron chi connectivity index (χ4n) is 2.30. The summed E-state index contributed by atoms with van der Waals surface area (Å²) in [5.41, 5.74) is 3.36. The van der Waals surface area contributed by atoms with Crippen molar-refractivity contribution in [1.29, 1.82) is 0 Å². The van der Waals surface area contributed by atoms with Gasteiger partial charge in [-0.2, -0.15) is 0 Å². The number of hydrogen-bond acceptors (Lipinski definition) is 4. The fourth-order valence-corrected chi connectivity index (χ4v) is 2.42. The van der Waals surface area contributed by atoms with Crippen molar-refractivity contribution in [2.45, 2.75) is 19.9 Å². The quantitative estimate of drug-likeness (QED) is 0.694. The molecule has 1 N–H and O–H groups in total. The van der Waals surface area contributed by atoms with E-state index in [9.17, 15) is 0 Å². The number of benzene rings is 2. The van der Waals surface area contributed by atoms with Gasteiger partial charge in [0.1, 0.15) is 0 Å². The summed E-state index contributed by atoms with van der Waals surface area (Å²) in [6, 6.07) is 15.9. The molecule has 0 saturated heterocycles. The third-order valence-electron chi connectivity index (χ3n) is 3.51. The Hall–Kier alpha value is -2.17. The lowest BCUT2D eigenvalue weighted by molar-refractivity contribution is 0.478. The molecule has 2 aromatic carbocycles. The number of halogens is 1. The molecule has 1 aromatic heterocycles. The number of hydrogen-bond donors (Lipinski definition) is 1. The molecule has 0 bridgehead atoms. The summed E-state index contributed by atoms with van der Waals surface area (Å²) in [5.74, 6) is 1.15. The van der Waals surface area contributed by atoms with Crippen molar-refractivity contribution in [1.82, 2.24) is 15.5 Å². The van der Waals surface area contributed by atoms with E-state index in [1.807, 2.05) is 55.5 Å². The van der Waals surface area contributed by atoms with E-state index in [2.05, 4.69) is 15.5 Å². The lowest BCUT2D eigenvalue weighted by Gasteiger charge is -2.02. The largest absolute Gasteiger partial charge is 0.419 e. The van der Waals surface area contributed by atoms with Crippen LogP contribution in [0.15, 0.2) is 52.9 Å². The van der Waals surface area contributed by atoms with Crippen LogP contribution >= 0.6 is 11.6 Å². The summed E-state index contributed by atoms with van der Waals surface area (Å²) in [4.78, 5) is 0. The molecule has 5 heteroatoms. The Morgan fingerprint density at radius 1 is 1.09 bits per heavy atom. The van der Waals surface area contributed by atoms with Gasteiger partial charge in [0.2, 0.25) is 11.8 Å². The van der Waals surface area contributed by atoms with E-state index in [4.69, 9.17) is 16.0 Å². The molecule has 0 amide bonds. The van der Waals surface area contributed by atoms with Gasteiger partial charge >= 0.3 is 0 Å². The maximum Gasteiger partial charge on any atom is 0.247 e. The van der Waals surface area contributed by atoms with Gasteiger partial charge in [-0.3, -0.25) is 0 Å². The lowest BCUT2D eigenvalue weighted by atomic mass is 10.1. The maximum atomic E-state index is 5.87. The molecule has 0 aliphatic rings. The number of nitrogens with zero attached hydrogens (tertiary/aromatic N) is 2. The highest BCUT2D eigenvalue weighted by Crippen LogP contribution is 2.18. The smallest absolute Gasteiger partial charge is 0.247 e. The molecule has 3 aromatic rings. The lowest BCUT2D eigenvalue weighted by Crippen LogP contribution is -2.16. The van der Waals surface area contributed by atoms with Crippen LogP contribution < -0.4 is 5.32 Å². The van der Waals surface area contributed by atoms with Gasteiger partial charge < -0.3 is 9.73 Å². The Morgan fingerprint density at radius 2 is 1.91 bits per heavy atom. The van der Waals surface area contributed by atoms with Crippen molar-refractivity contribution in [3.05, 3.63) is 70.6 Å². The molecule has 0 aliphatic carbocycles. The zero-order valence-corrected chi connectivity index (χ0v) is 13.7. The molecule has 1 heterocycles. The Kier molecular flexibility index (Phi) is 5.05. The monoisotopic (exact) mass is 327 g/mol. The zero-order valence-electron chi connectivity index (χ0n) is 12.9. The van der Waals surface area contributed by atoms with Crippen LogP contribution in [0, 0.1) is 6.92 Å². The van der Waals surface area contributed by atoms with Crippen LogP contribution in [0.25, 0.3) is 11.5 Å². The predicted molar refractivity (Wildman–Crippen MR) is 91.3 cm³/mol. The highest BCUT2D eigenvalue weighted by molar-refractivity contribution is 6.30. The van der Waals surface area contributed by atoms with E-state index < -0.39 is 0 Å². The van der Waals surface area contributed by atoms with Gasteiger partial charge in [0.05, 0.1) is 6.54 Å². The highest BCUT2D eigenvalue weighted by atomic mass is 35.5. The summed E-state index contributed by atoms with van der Waals surface area (Å²) in [6.07, 6.45) is 0.927. The van der Waals surface area contributed by atoms with Crippen LogP contribution in [0.2, 0.25) is 5.02 Å². The second-order valence-electron chi connectivity index (χ2n) is 5.42. The summed E-state index contributed by atoms with van der Waals surface area (Å²) in [6.45, 7) is 3.44. The molecule has 0 fully saturated rings. The first-order valence-electron chi connectivity index (χ1n) is 7.55. The second-order valence-corrected chi connectivity index (χ2v) is 5.86. The third-order valence-corrected chi connectivity index (χ3v) is 3.76. The molecular weight excluding hydrogens is 310 g/mol. The van der Waals surface area contributed by atoms with E-state index in [0.717, 1.165) is 23.6 Å². The van der Waals surface area contributed by atoms with Gasteiger partial charge in [0.25, 0.3) is 0 Å². The summed E-state index contributed by atoms with van der Waals surface area (Å²) < 4.78 is 5.69. The number of nitrogens with one attached hydrogen (secondary N) is 1. The molecule has 0 radical (unpaired) electrons. The van der Waals surface area contributed by atoms with Gasteiger partial charge in [0, 0.05) is 10.6 Å². The van der Waals surface area contributed by atoms with E-state index in [0.29, 0.717) is 18.3 Å². The minimum atomic E-state index is 0.559. The van der Waals surface area contributed by atoms with Crippen molar-refractivity contribution in [3.63, 3.8) is 0 Å². The molecule has 118 valence electrons. The highest BCUT2D eigenvalue weighted by Gasteiger charge is 2.08. The fraction of sp³-hybridized carbons (Fsp3) is 0.222. The first-order valence-corrected chi connectivity index (χ1v) is 7.93. The normalized spacial score (nSPS) is 10.9. The van der Waals surface area contributed by atoms with Gasteiger partial charge in [-0.05, 0) is 49.7 Å². The average molecular weight is 328 g/mol. The Balaban J connectivity index is 1.50. The van der Waals surface area contributed by atoms with Crippen LogP contribution in [0.1, 0.15) is 17.0 Å². The third kappa shape index (κ3) is 4.41. The SMILES string of the molecule is Cc1cccc(-c2nnc(CNCCc3ccc(Cl)cc3)o2)c1. The Morgan fingerprint density at radius 3 is 2.70 bits per heavy atom. The maximum absolute atomic E-state index is 5.87.